The Bertz CT molecular complexity index is 490. The van der Waals surface area contributed by atoms with Crippen molar-refractivity contribution in [1.82, 2.24) is 9.88 Å². The van der Waals surface area contributed by atoms with E-state index in [1.54, 1.807) is 11.8 Å². The number of carbonyl (C=O) groups is 2. The van der Waals surface area contributed by atoms with Crippen molar-refractivity contribution in [3.05, 3.63) is 16.1 Å². The van der Waals surface area contributed by atoms with Gasteiger partial charge in [-0.05, 0) is 26.7 Å². The maximum Gasteiger partial charge on any atom is 0.309 e. The normalized spacial score (nSPS) is 18.3. The minimum absolute atomic E-state index is 0.0396. The first-order valence-electron chi connectivity index (χ1n) is 6.33. The van der Waals surface area contributed by atoms with Crippen molar-refractivity contribution in [2.75, 3.05) is 13.1 Å². The number of carboxylic acid groups (broad SMARTS) is 1. The molecule has 0 spiro atoms. The van der Waals surface area contributed by atoms with Crippen molar-refractivity contribution < 1.29 is 14.7 Å². The van der Waals surface area contributed by atoms with Crippen LogP contribution in [0.4, 0.5) is 0 Å². The molecule has 6 heteroatoms. The van der Waals surface area contributed by atoms with Gasteiger partial charge in [0.2, 0.25) is 5.91 Å². The van der Waals surface area contributed by atoms with Crippen LogP contribution in [0.5, 0.6) is 0 Å². The number of carbonyl (C=O) groups excluding carboxylic acids is 1. The minimum atomic E-state index is -0.769. The van der Waals surface area contributed by atoms with E-state index in [9.17, 15) is 9.59 Å². The van der Waals surface area contributed by atoms with Crippen molar-refractivity contribution in [3.8, 4) is 0 Å². The molecule has 1 N–H and O–H groups in total. The van der Waals surface area contributed by atoms with Gasteiger partial charge in [0.15, 0.2) is 0 Å². The zero-order chi connectivity index (χ0) is 14.0. The number of hydrogen-bond acceptors (Lipinski definition) is 4. The summed E-state index contributed by atoms with van der Waals surface area (Å²) in [4.78, 5) is 29.3. The molecule has 0 atom stereocenters. The fourth-order valence-electron chi connectivity index (χ4n) is 2.22. The molecule has 0 aliphatic carbocycles. The van der Waals surface area contributed by atoms with Crippen LogP contribution in [0.2, 0.25) is 0 Å². The predicted molar refractivity (Wildman–Crippen MR) is 72.1 cm³/mol. The third-order valence-corrected chi connectivity index (χ3v) is 4.56. The number of nitrogens with zero attached hydrogens (tertiary/aromatic N) is 2. The Kier molecular flexibility index (Phi) is 3.89. The summed E-state index contributed by atoms with van der Waals surface area (Å²) >= 11 is 1.54. The first-order valence-corrected chi connectivity index (χ1v) is 7.21. The highest BCUT2D eigenvalue weighted by Crippen LogP contribution is 2.31. The molecule has 0 unspecified atom stereocenters. The molecule has 1 fully saturated rings. The number of aliphatic carboxylic acids is 1. The summed E-state index contributed by atoms with van der Waals surface area (Å²) in [5.74, 6) is -0.729. The van der Waals surface area contributed by atoms with Gasteiger partial charge in [-0.3, -0.25) is 9.59 Å². The highest BCUT2D eigenvalue weighted by molar-refractivity contribution is 7.09. The van der Waals surface area contributed by atoms with Crippen LogP contribution >= 0.6 is 11.3 Å². The van der Waals surface area contributed by atoms with Crippen LogP contribution in [0.25, 0.3) is 0 Å². The van der Waals surface area contributed by atoms with Gasteiger partial charge in [0.25, 0.3) is 0 Å². The standard InChI is InChI=1S/C13H18N2O3S/c1-9-14-10(8-19-9)7-11(16)15-5-3-13(2,4-6-15)12(17)18/h8H,3-7H2,1-2H3,(H,17,18). The lowest BCUT2D eigenvalue weighted by Gasteiger charge is -2.36. The van der Waals surface area contributed by atoms with Crippen molar-refractivity contribution >= 4 is 23.2 Å². The first-order chi connectivity index (χ1) is 8.90. The van der Waals surface area contributed by atoms with Crippen LogP contribution in [0.3, 0.4) is 0 Å². The van der Waals surface area contributed by atoms with E-state index in [-0.39, 0.29) is 5.91 Å². The van der Waals surface area contributed by atoms with Crippen molar-refractivity contribution in [2.45, 2.75) is 33.1 Å². The van der Waals surface area contributed by atoms with E-state index in [1.165, 1.54) is 11.3 Å². The summed E-state index contributed by atoms with van der Waals surface area (Å²) in [6, 6.07) is 0. The third-order valence-electron chi connectivity index (χ3n) is 3.73. The molecule has 1 aromatic heterocycles. The topological polar surface area (TPSA) is 70.5 Å². The number of piperidine rings is 1. The molecule has 19 heavy (non-hydrogen) atoms. The molecule has 1 aliphatic rings. The molecular weight excluding hydrogens is 264 g/mol. The second-order valence-electron chi connectivity index (χ2n) is 5.28. The molecule has 104 valence electrons. The van der Waals surface area contributed by atoms with Gasteiger partial charge in [-0.25, -0.2) is 4.98 Å². The summed E-state index contributed by atoms with van der Waals surface area (Å²) < 4.78 is 0. The second-order valence-corrected chi connectivity index (χ2v) is 6.34. The Labute approximate surface area is 116 Å². The van der Waals surface area contributed by atoms with Gasteiger partial charge in [0, 0.05) is 18.5 Å². The zero-order valence-corrected chi connectivity index (χ0v) is 12.0. The van der Waals surface area contributed by atoms with E-state index in [4.69, 9.17) is 5.11 Å². The fourth-order valence-corrected chi connectivity index (χ4v) is 2.83. The minimum Gasteiger partial charge on any atom is -0.481 e. The molecule has 5 nitrogen and oxygen atoms in total. The summed E-state index contributed by atoms with van der Waals surface area (Å²) in [6.45, 7) is 4.70. The fraction of sp³-hybridized carbons (Fsp3) is 0.615. The van der Waals surface area contributed by atoms with E-state index >= 15 is 0 Å². The summed E-state index contributed by atoms with van der Waals surface area (Å²) in [5.41, 5.74) is 0.118. The predicted octanol–water partition coefficient (Wildman–Crippen LogP) is 1.71. The monoisotopic (exact) mass is 282 g/mol. The molecule has 0 aromatic carbocycles. The average molecular weight is 282 g/mol. The number of rotatable bonds is 3. The quantitative estimate of drug-likeness (QED) is 0.916. The highest BCUT2D eigenvalue weighted by atomic mass is 32.1. The Morgan fingerprint density at radius 2 is 2.11 bits per heavy atom. The maximum absolute atomic E-state index is 12.1. The lowest BCUT2D eigenvalue weighted by atomic mass is 9.80. The number of amides is 1. The van der Waals surface area contributed by atoms with Gasteiger partial charge in [0.1, 0.15) is 0 Å². The Hall–Kier alpha value is -1.43. The molecular formula is C13H18N2O3S. The third kappa shape index (κ3) is 3.12. The lowest BCUT2D eigenvalue weighted by Crippen LogP contribution is -2.45. The molecule has 0 bridgehead atoms. The molecule has 1 aliphatic heterocycles. The number of aromatic nitrogens is 1. The average Bonchev–Trinajstić information content (AvgIpc) is 2.75. The molecule has 1 amide bonds. The van der Waals surface area contributed by atoms with E-state index < -0.39 is 11.4 Å². The smallest absolute Gasteiger partial charge is 0.309 e. The van der Waals surface area contributed by atoms with Crippen LogP contribution < -0.4 is 0 Å². The largest absolute Gasteiger partial charge is 0.481 e. The number of carboxylic acids is 1. The van der Waals surface area contributed by atoms with Crippen molar-refractivity contribution in [2.24, 2.45) is 5.41 Å². The Morgan fingerprint density at radius 1 is 1.47 bits per heavy atom. The van der Waals surface area contributed by atoms with E-state index in [0.717, 1.165) is 10.7 Å². The van der Waals surface area contributed by atoms with Gasteiger partial charge in [-0.2, -0.15) is 0 Å². The highest BCUT2D eigenvalue weighted by Gasteiger charge is 2.37. The number of likely N-dealkylation sites (tertiary alicyclic amines) is 1. The first kappa shape index (κ1) is 14.0. The number of aryl methyl sites for hydroxylation is 1. The molecule has 1 saturated heterocycles. The van der Waals surface area contributed by atoms with Gasteiger partial charge in [-0.15, -0.1) is 11.3 Å². The van der Waals surface area contributed by atoms with Crippen LogP contribution in [0, 0.1) is 12.3 Å². The van der Waals surface area contributed by atoms with Crippen LogP contribution in [0.1, 0.15) is 30.5 Å². The zero-order valence-electron chi connectivity index (χ0n) is 11.2. The number of hydrogen-bond donors (Lipinski definition) is 1. The van der Waals surface area contributed by atoms with E-state index in [2.05, 4.69) is 4.98 Å². The van der Waals surface area contributed by atoms with Gasteiger partial charge >= 0.3 is 5.97 Å². The maximum atomic E-state index is 12.1. The number of thiazole rings is 1. The Morgan fingerprint density at radius 3 is 2.58 bits per heavy atom. The molecule has 0 saturated carbocycles. The van der Waals surface area contributed by atoms with Gasteiger partial charge in [-0.1, -0.05) is 0 Å². The molecule has 2 heterocycles. The van der Waals surface area contributed by atoms with Crippen molar-refractivity contribution in [3.63, 3.8) is 0 Å². The van der Waals surface area contributed by atoms with Crippen LogP contribution in [0.15, 0.2) is 5.38 Å². The van der Waals surface area contributed by atoms with Crippen molar-refractivity contribution in [1.29, 1.82) is 0 Å². The molecule has 0 radical (unpaired) electrons. The summed E-state index contributed by atoms with van der Waals surface area (Å²) in [5, 5.41) is 12.0. The van der Waals surface area contributed by atoms with E-state index in [1.807, 2.05) is 12.3 Å². The van der Waals surface area contributed by atoms with Gasteiger partial charge in [0.05, 0.1) is 22.5 Å². The van der Waals surface area contributed by atoms with Crippen LogP contribution in [-0.2, 0) is 16.0 Å². The Balaban J connectivity index is 1.91. The summed E-state index contributed by atoms with van der Waals surface area (Å²) in [6.07, 6.45) is 1.35. The second kappa shape index (κ2) is 5.28. The lowest BCUT2D eigenvalue weighted by molar-refractivity contribution is -0.152. The molecule has 1 aromatic rings. The summed E-state index contributed by atoms with van der Waals surface area (Å²) in [7, 11) is 0. The van der Waals surface area contributed by atoms with Crippen LogP contribution in [-0.4, -0.2) is 40.0 Å². The molecule has 2 rings (SSSR count). The van der Waals surface area contributed by atoms with Gasteiger partial charge < -0.3 is 10.0 Å². The SMILES string of the molecule is Cc1nc(CC(=O)N2CCC(C)(C(=O)O)CC2)cs1. The van der Waals surface area contributed by atoms with E-state index in [0.29, 0.717) is 32.4 Å².